The van der Waals surface area contributed by atoms with Crippen molar-refractivity contribution >= 4 is 5.96 Å². The highest BCUT2D eigenvalue weighted by Gasteiger charge is 2.10. The van der Waals surface area contributed by atoms with Crippen molar-refractivity contribution in [2.24, 2.45) is 4.99 Å². The van der Waals surface area contributed by atoms with Crippen molar-refractivity contribution in [2.45, 2.75) is 33.5 Å². The molecule has 0 fully saturated rings. The molecule has 0 radical (unpaired) electrons. The Morgan fingerprint density at radius 3 is 2.64 bits per heavy atom. The second kappa shape index (κ2) is 10.2. The Bertz CT molecular complexity index is 878. The molecule has 0 atom stereocenters. The van der Waals surface area contributed by atoms with Crippen molar-refractivity contribution in [1.29, 1.82) is 5.26 Å². The molecule has 0 aliphatic rings. The molecular weight excluding hydrogens is 369 g/mol. The first kappa shape index (κ1) is 21.1. The van der Waals surface area contributed by atoms with Crippen LogP contribution in [0.4, 0.5) is 13.2 Å². The molecule has 0 saturated carbocycles. The molecule has 0 spiro atoms. The second-order valence-corrected chi connectivity index (χ2v) is 5.96. The van der Waals surface area contributed by atoms with Crippen molar-refractivity contribution in [3.63, 3.8) is 0 Å². The summed E-state index contributed by atoms with van der Waals surface area (Å²) < 4.78 is 43.6. The van der Waals surface area contributed by atoms with Crippen molar-refractivity contribution in [3.8, 4) is 11.8 Å². The van der Waals surface area contributed by atoms with E-state index >= 15 is 0 Å². The number of aryl methyl sites for hydroxylation is 1. The molecule has 0 aliphatic heterocycles. The highest BCUT2D eigenvalue weighted by atomic mass is 19.3. The summed E-state index contributed by atoms with van der Waals surface area (Å²) in [5.41, 5.74) is 2.07. The highest BCUT2D eigenvalue weighted by molar-refractivity contribution is 5.79. The summed E-state index contributed by atoms with van der Waals surface area (Å²) in [4.78, 5) is 4.36. The van der Waals surface area contributed by atoms with Gasteiger partial charge < -0.3 is 15.4 Å². The van der Waals surface area contributed by atoms with Gasteiger partial charge in [0.1, 0.15) is 11.6 Å². The first-order valence-corrected chi connectivity index (χ1v) is 8.68. The van der Waals surface area contributed by atoms with Crippen LogP contribution >= 0.6 is 0 Å². The topological polar surface area (TPSA) is 69.4 Å². The van der Waals surface area contributed by atoms with Crippen LogP contribution in [-0.2, 0) is 13.1 Å². The summed E-state index contributed by atoms with van der Waals surface area (Å²) in [5.74, 6) is 0.00961. The first-order chi connectivity index (χ1) is 13.4. The van der Waals surface area contributed by atoms with Gasteiger partial charge in [0, 0.05) is 24.2 Å². The average molecular weight is 390 g/mol. The van der Waals surface area contributed by atoms with E-state index in [0.717, 1.165) is 5.56 Å². The summed E-state index contributed by atoms with van der Waals surface area (Å²) in [6.07, 6.45) is 0. The molecular formula is C20H21F3N4O. The van der Waals surface area contributed by atoms with Crippen molar-refractivity contribution in [2.75, 3.05) is 6.54 Å². The number of aliphatic imine (C=N–C) groups is 1. The molecule has 2 N–H and O–H groups in total. The third-order valence-electron chi connectivity index (χ3n) is 3.80. The minimum Gasteiger partial charge on any atom is -0.434 e. The zero-order chi connectivity index (χ0) is 20.5. The normalized spacial score (nSPS) is 11.2. The third kappa shape index (κ3) is 6.20. The number of nitrogens with zero attached hydrogens (tertiary/aromatic N) is 2. The van der Waals surface area contributed by atoms with Crippen LogP contribution in [0, 0.1) is 24.1 Å². The fourth-order valence-electron chi connectivity index (χ4n) is 2.51. The van der Waals surface area contributed by atoms with Crippen LogP contribution in [0.3, 0.4) is 0 Å². The maximum absolute atomic E-state index is 13.9. The van der Waals surface area contributed by atoms with Crippen molar-refractivity contribution in [1.82, 2.24) is 10.6 Å². The number of benzene rings is 2. The number of nitrogens with one attached hydrogen (secondary N) is 2. The Balaban J connectivity index is 2.15. The van der Waals surface area contributed by atoms with Gasteiger partial charge in [-0.05, 0) is 38.1 Å². The zero-order valence-electron chi connectivity index (χ0n) is 15.6. The summed E-state index contributed by atoms with van der Waals surface area (Å²) in [6, 6.07) is 10.9. The van der Waals surface area contributed by atoms with E-state index in [1.54, 1.807) is 12.1 Å². The van der Waals surface area contributed by atoms with E-state index in [4.69, 9.17) is 5.26 Å². The molecule has 8 heteroatoms. The Morgan fingerprint density at radius 1 is 1.18 bits per heavy atom. The molecule has 2 rings (SSSR count). The van der Waals surface area contributed by atoms with Crippen LogP contribution in [0.15, 0.2) is 41.4 Å². The van der Waals surface area contributed by atoms with E-state index in [9.17, 15) is 13.2 Å². The van der Waals surface area contributed by atoms with Crippen LogP contribution in [0.25, 0.3) is 0 Å². The molecule has 5 nitrogen and oxygen atoms in total. The number of alkyl halides is 2. The summed E-state index contributed by atoms with van der Waals surface area (Å²) in [5, 5.41) is 14.9. The van der Waals surface area contributed by atoms with Gasteiger partial charge in [0.2, 0.25) is 0 Å². The molecule has 0 saturated heterocycles. The number of guanidine groups is 1. The van der Waals surface area contributed by atoms with Gasteiger partial charge in [-0.15, -0.1) is 0 Å². The van der Waals surface area contributed by atoms with Gasteiger partial charge in [-0.25, -0.2) is 9.38 Å². The lowest BCUT2D eigenvalue weighted by molar-refractivity contribution is -0.0504. The molecule has 148 valence electrons. The largest absolute Gasteiger partial charge is 0.434 e. The fourth-order valence-corrected chi connectivity index (χ4v) is 2.51. The maximum atomic E-state index is 13.9. The minimum atomic E-state index is -2.92. The predicted octanol–water partition coefficient (Wildman–Crippen LogP) is 3.86. The van der Waals surface area contributed by atoms with Crippen LogP contribution in [0.2, 0.25) is 0 Å². The predicted molar refractivity (Wildman–Crippen MR) is 101 cm³/mol. The average Bonchev–Trinajstić information content (AvgIpc) is 2.66. The zero-order valence-corrected chi connectivity index (χ0v) is 15.6. The molecule has 0 unspecified atom stereocenters. The van der Waals surface area contributed by atoms with E-state index in [0.29, 0.717) is 29.2 Å². The van der Waals surface area contributed by atoms with Gasteiger partial charge in [-0.1, -0.05) is 17.7 Å². The Labute approximate surface area is 161 Å². The fraction of sp³-hybridized carbons (Fsp3) is 0.300. The molecule has 28 heavy (non-hydrogen) atoms. The number of ether oxygens (including phenoxy) is 1. The lowest BCUT2D eigenvalue weighted by Gasteiger charge is -2.14. The lowest BCUT2D eigenvalue weighted by Crippen LogP contribution is -2.37. The Morgan fingerprint density at radius 2 is 1.96 bits per heavy atom. The molecule has 2 aromatic rings. The number of nitriles is 1. The second-order valence-electron chi connectivity index (χ2n) is 5.96. The smallest absolute Gasteiger partial charge is 0.387 e. The van der Waals surface area contributed by atoms with Gasteiger partial charge in [0.05, 0.1) is 18.2 Å². The quantitative estimate of drug-likeness (QED) is 0.556. The minimum absolute atomic E-state index is 0.0629. The maximum Gasteiger partial charge on any atom is 0.387 e. The van der Waals surface area contributed by atoms with Crippen molar-refractivity contribution in [3.05, 3.63) is 64.5 Å². The van der Waals surface area contributed by atoms with Gasteiger partial charge in [0.25, 0.3) is 0 Å². The van der Waals surface area contributed by atoms with Crippen LogP contribution in [0.1, 0.15) is 29.2 Å². The summed E-state index contributed by atoms with van der Waals surface area (Å²) >= 11 is 0. The van der Waals surface area contributed by atoms with Gasteiger partial charge in [-0.2, -0.15) is 14.0 Å². The highest BCUT2D eigenvalue weighted by Crippen LogP contribution is 2.23. The Kier molecular flexibility index (Phi) is 7.69. The molecule has 0 heterocycles. The van der Waals surface area contributed by atoms with E-state index in [1.165, 1.54) is 24.3 Å². The van der Waals surface area contributed by atoms with Gasteiger partial charge in [-0.3, -0.25) is 0 Å². The number of rotatable bonds is 7. The summed E-state index contributed by atoms with van der Waals surface area (Å²) in [6.45, 7) is 1.55. The SMILES string of the molecule is CCNC(=NCc1cc(C)ccc1OC(F)F)NCc1cc(C#N)ccc1F. The first-order valence-electron chi connectivity index (χ1n) is 8.68. The summed E-state index contributed by atoms with van der Waals surface area (Å²) in [7, 11) is 0. The standard InChI is InChI=1S/C20H21F3N4O/c1-3-25-20(26-11-15-9-14(10-24)5-6-17(15)21)27-12-16-8-13(2)4-7-18(16)28-19(22)23/h4-9,19H,3,11-12H2,1-2H3,(H2,25,26,27). The third-order valence-corrected chi connectivity index (χ3v) is 3.80. The van der Waals surface area contributed by atoms with E-state index < -0.39 is 12.4 Å². The number of hydrogen-bond donors (Lipinski definition) is 2. The number of hydrogen-bond acceptors (Lipinski definition) is 3. The molecule has 0 aromatic heterocycles. The molecule has 0 amide bonds. The monoisotopic (exact) mass is 390 g/mol. The van der Waals surface area contributed by atoms with Crippen LogP contribution in [-0.4, -0.2) is 19.1 Å². The molecule has 0 bridgehead atoms. The van der Waals surface area contributed by atoms with E-state index in [-0.39, 0.29) is 18.8 Å². The van der Waals surface area contributed by atoms with E-state index in [1.807, 2.05) is 19.9 Å². The van der Waals surface area contributed by atoms with Gasteiger partial charge >= 0.3 is 6.61 Å². The lowest BCUT2D eigenvalue weighted by atomic mass is 10.1. The van der Waals surface area contributed by atoms with Crippen LogP contribution in [0.5, 0.6) is 5.75 Å². The van der Waals surface area contributed by atoms with Gasteiger partial charge in [0.15, 0.2) is 5.96 Å². The molecule has 0 aliphatic carbocycles. The molecule has 2 aromatic carbocycles. The van der Waals surface area contributed by atoms with Crippen molar-refractivity contribution < 1.29 is 17.9 Å². The van der Waals surface area contributed by atoms with E-state index in [2.05, 4.69) is 20.4 Å². The number of halogens is 3. The van der Waals surface area contributed by atoms with Crippen LogP contribution < -0.4 is 15.4 Å². The Hall–Kier alpha value is -3.21.